The number of aromatic nitrogens is 2. The average molecular weight is 317 g/mol. The molecule has 0 radical (unpaired) electrons. The Morgan fingerprint density at radius 3 is 3.12 bits per heavy atom. The number of hydrogen-bond donors (Lipinski definition) is 1. The van der Waals surface area contributed by atoms with Crippen LogP contribution in [0.3, 0.4) is 0 Å². The maximum atomic E-state index is 12.8. The van der Waals surface area contributed by atoms with Gasteiger partial charge < -0.3 is 5.11 Å². The number of halogens is 2. The smallest absolute Gasteiger partial charge is 0.171 e. The molecule has 17 heavy (non-hydrogen) atoms. The predicted octanol–water partition coefficient (Wildman–Crippen LogP) is 3.28. The van der Waals surface area contributed by atoms with Crippen molar-refractivity contribution in [2.24, 2.45) is 5.92 Å². The Kier molecular flexibility index (Phi) is 2.88. The minimum atomic E-state index is 0.153. The summed E-state index contributed by atoms with van der Waals surface area (Å²) in [6, 6.07) is 1.86. The van der Waals surface area contributed by atoms with Gasteiger partial charge in [-0.1, -0.05) is 0 Å². The monoisotopic (exact) mass is 316 g/mol. The van der Waals surface area contributed by atoms with E-state index in [0.29, 0.717) is 17.5 Å². The average Bonchev–Trinajstić information content (AvgIpc) is 3.03. The van der Waals surface area contributed by atoms with Gasteiger partial charge >= 0.3 is 0 Å². The topological polar surface area (TPSA) is 38.0 Å². The van der Waals surface area contributed by atoms with E-state index in [4.69, 9.17) is 5.11 Å². The summed E-state index contributed by atoms with van der Waals surface area (Å²) in [5, 5.41) is 10.1. The van der Waals surface area contributed by atoms with Crippen LogP contribution >= 0.6 is 28.3 Å². The quantitative estimate of drug-likeness (QED) is 0.944. The van der Waals surface area contributed by atoms with Crippen LogP contribution in [0.15, 0.2) is 22.9 Å². The minimum absolute atomic E-state index is 0.153. The van der Waals surface area contributed by atoms with E-state index in [1.807, 2.05) is 6.07 Å². The van der Waals surface area contributed by atoms with Gasteiger partial charge in [0.05, 0.1) is 0 Å². The van der Waals surface area contributed by atoms with Crippen molar-refractivity contribution in [3.63, 3.8) is 0 Å². The molecule has 0 bridgehead atoms. The summed E-state index contributed by atoms with van der Waals surface area (Å²) in [7, 11) is 0. The van der Waals surface area contributed by atoms with Gasteiger partial charge in [-0.25, -0.2) is 8.96 Å². The van der Waals surface area contributed by atoms with Crippen LogP contribution in [0.4, 0.5) is 3.89 Å². The fourth-order valence-electron chi connectivity index (χ4n) is 2.28. The van der Waals surface area contributed by atoms with Gasteiger partial charge in [-0.05, 0) is 45.8 Å². The fraction of sp³-hybridized carbons (Fsp3) is 0.364. The van der Waals surface area contributed by atoms with Gasteiger partial charge in [-0.3, -0.25) is 0 Å². The van der Waals surface area contributed by atoms with Crippen LogP contribution in [0.2, 0.25) is 0 Å². The van der Waals surface area contributed by atoms with Crippen LogP contribution in [-0.2, 0) is 0 Å². The molecule has 6 heteroatoms. The molecule has 0 saturated heterocycles. The molecule has 0 aromatic carbocycles. The molecule has 2 heterocycles. The molecular weight excluding hydrogens is 307 g/mol. The first-order valence-corrected chi connectivity index (χ1v) is 6.78. The Labute approximate surface area is 111 Å². The number of aliphatic hydroxyl groups is 1. The third-order valence-electron chi connectivity index (χ3n) is 3.26. The largest absolute Gasteiger partial charge is 0.396 e. The highest BCUT2D eigenvalue weighted by atomic mass is 79.9. The van der Waals surface area contributed by atoms with E-state index in [0.717, 1.165) is 21.8 Å². The van der Waals surface area contributed by atoms with Gasteiger partial charge in [0.2, 0.25) is 0 Å². The Morgan fingerprint density at radius 1 is 1.65 bits per heavy atom. The van der Waals surface area contributed by atoms with E-state index in [2.05, 4.69) is 20.9 Å². The third-order valence-corrected chi connectivity index (χ3v) is 4.35. The number of fused-ring (bicyclic) bond motifs is 1. The van der Waals surface area contributed by atoms with Crippen LogP contribution in [0.1, 0.15) is 17.9 Å². The number of nitrogens with zero attached hydrogens (tertiary/aromatic N) is 2. The lowest BCUT2D eigenvalue weighted by Gasteiger charge is -1.98. The van der Waals surface area contributed by atoms with E-state index < -0.39 is 0 Å². The molecule has 1 saturated carbocycles. The van der Waals surface area contributed by atoms with E-state index in [1.165, 1.54) is 3.97 Å². The highest BCUT2D eigenvalue weighted by Gasteiger charge is 2.40. The molecule has 2 unspecified atom stereocenters. The second-order valence-electron chi connectivity index (χ2n) is 4.26. The summed E-state index contributed by atoms with van der Waals surface area (Å²) < 4.78 is 15.2. The second kappa shape index (κ2) is 4.26. The molecule has 1 fully saturated rings. The molecule has 2 aromatic rings. The van der Waals surface area contributed by atoms with Crippen molar-refractivity contribution in [1.29, 1.82) is 0 Å². The van der Waals surface area contributed by atoms with Crippen molar-refractivity contribution in [2.75, 3.05) is 6.61 Å². The zero-order valence-electron chi connectivity index (χ0n) is 8.81. The Hall–Kier alpha value is -0.590. The molecular formula is C11H10BrFN2OS. The fourth-order valence-corrected chi connectivity index (χ4v) is 3.16. The van der Waals surface area contributed by atoms with Gasteiger partial charge in [0.1, 0.15) is 0 Å². The van der Waals surface area contributed by atoms with Crippen molar-refractivity contribution in [2.45, 2.75) is 12.3 Å². The first-order valence-electron chi connectivity index (χ1n) is 5.31. The van der Waals surface area contributed by atoms with Crippen molar-refractivity contribution in [3.05, 3.63) is 28.5 Å². The van der Waals surface area contributed by atoms with Crippen LogP contribution in [0, 0.1) is 5.92 Å². The molecule has 2 aromatic heterocycles. The third kappa shape index (κ3) is 1.78. The Bertz CT molecular complexity index is 574. The maximum absolute atomic E-state index is 12.8. The van der Waals surface area contributed by atoms with Crippen molar-refractivity contribution < 1.29 is 8.99 Å². The van der Waals surface area contributed by atoms with Gasteiger partial charge in [0, 0.05) is 28.9 Å². The molecule has 1 aliphatic rings. The zero-order chi connectivity index (χ0) is 12.0. The highest BCUT2D eigenvalue weighted by Crippen LogP contribution is 2.50. The van der Waals surface area contributed by atoms with Gasteiger partial charge in [0.15, 0.2) is 18.0 Å². The Balaban J connectivity index is 2.18. The van der Waals surface area contributed by atoms with Crippen LogP contribution in [-0.4, -0.2) is 20.7 Å². The summed E-state index contributed by atoms with van der Waals surface area (Å²) >= 11 is 3.63. The first kappa shape index (κ1) is 11.5. The van der Waals surface area contributed by atoms with E-state index in [9.17, 15) is 3.89 Å². The standard InChI is InChI=1S/C11H10BrFN2OS/c12-9-1-2-14-11-10(9)8(4-15(11)17-13)7-3-6(7)5-16/h1-2,4,6-7,16H,3,5H2. The SMILES string of the molecule is OCC1CC1c1cn(SF)c2nccc(Br)c12. The molecule has 0 amide bonds. The molecule has 1 N–H and O–H groups in total. The Morgan fingerprint density at radius 2 is 2.47 bits per heavy atom. The lowest BCUT2D eigenvalue weighted by molar-refractivity contribution is 0.274. The van der Waals surface area contributed by atoms with Crippen molar-refractivity contribution >= 4 is 39.3 Å². The van der Waals surface area contributed by atoms with Gasteiger partial charge in [-0.2, -0.15) is 0 Å². The molecule has 1 aliphatic carbocycles. The van der Waals surface area contributed by atoms with Gasteiger partial charge in [0.25, 0.3) is 0 Å². The lowest BCUT2D eigenvalue weighted by atomic mass is 10.1. The number of pyridine rings is 1. The lowest BCUT2D eigenvalue weighted by Crippen LogP contribution is -1.88. The summed E-state index contributed by atoms with van der Waals surface area (Å²) in [6.45, 7) is 0.192. The molecule has 0 spiro atoms. The number of rotatable bonds is 3. The summed E-state index contributed by atoms with van der Waals surface area (Å²) in [6.07, 6.45) is 4.40. The minimum Gasteiger partial charge on any atom is -0.396 e. The molecule has 2 atom stereocenters. The molecule has 90 valence electrons. The van der Waals surface area contributed by atoms with Crippen molar-refractivity contribution in [3.8, 4) is 0 Å². The zero-order valence-corrected chi connectivity index (χ0v) is 11.2. The summed E-state index contributed by atoms with van der Waals surface area (Å²) in [4.78, 5) is 4.20. The van der Waals surface area contributed by atoms with E-state index in [-0.39, 0.29) is 18.9 Å². The number of aliphatic hydroxyl groups excluding tert-OH is 1. The van der Waals surface area contributed by atoms with Crippen LogP contribution in [0.5, 0.6) is 0 Å². The molecule has 3 nitrogen and oxygen atoms in total. The second-order valence-corrected chi connectivity index (χ2v) is 5.64. The van der Waals surface area contributed by atoms with Crippen LogP contribution < -0.4 is 0 Å². The van der Waals surface area contributed by atoms with Crippen LogP contribution in [0.25, 0.3) is 11.0 Å². The predicted molar refractivity (Wildman–Crippen MR) is 69.5 cm³/mol. The molecule has 0 aliphatic heterocycles. The van der Waals surface area contributed by atoms with Gasteiger partial charge in [-0.15, -0.1) is 3.89 Å². The summed E-state index contributed by atoms with van der Waals surface area (Å²) in [5.74, 6) is 0.641. The number of hydrogen-bond acceptors (Lipinski definition) is 3. The van der Waals surface area contributed by atoms with Crippen molar-refractivity contribution in [1.82, 2.24) is 8.96 Å². The first-order chi connectivity index (χ1) is 8.26. The maximum Gasteiger partial charge on any atom is 0.171 e. The normalized spacial score (nSPS) is 23.2. The molecule has 3 rings (SSSR count). The van der Waals surface area contributed by atoms with E-state index in [1.54, 1.807) is 12.4 Å². The summed E-state index contributed by atoms with van der Waals surface area (Å²) in [5.41, 5.74) is 1.70. The van der Waals surface area contributed by atoms with E-state index >= 15 is 0 Å². The highest BCUT2D eigenvalue weighted by molar-refractivity contribution is 9.10.